The quantitative estimate of drug-likeness (QED) is 0.390. The fraction of sp³-hybridized carbons (Fsp3) is 0.481. The summed E-state index contributed by atoms with van der Waals surface area (Å²) in [6.07, 6.45) is 1.44. The van der Waals surface area contributed by atoms with Crippen LogP contribution in [0.1, 0.15) is 74.0 Å². The molecule has 1 saturated carbocycles. The Kier molecular flexibility index (Phi) is 7.15. The molecule has 0 unspecified atom stereocenters. The SMILES string of the molecule is CCCC1(F)CC(NC(=O)C(=O)c2c(C)c(C(=O)Nc3ccc(F)c(F)c3)n3c2CCC3)(C(=O)N(C)C)C1.[HH].[HH]. The van der Waals surface area contributed by atoms with E-state index in [0.717, 1.165) is 12.1 Å². The van der Waals surface area contributed by atoms with Gasteiger partial charge < -0.3 is 20.1 Å². The molecule has 0 bridgehead atoms. The molecule has 11 heteroatoms. The maximum absolute atomic E-state index is 15.1. The molecule has 0 spiro atoms. The molecule has 208 valence electrons. The van der Waals surface area contributed by atoms with E-state index in [2.05, 4.69) is 10.6 Å². The van der Waals surface area contributed by atoms with Gasteiger partial charge in [-0.15, -0.1) is 0 Å². The average molecular weight is 537 g/mol. The summed E-state index contributed by atoms with van der Waals surface area (Å²) in [4.78, 5) is 53.9. The van der Waals surface area contributed by atoms with E-state index in [1.807, 2.05) is 6.92 Å². The highest BCUT2D eigenvalue weighted by Crippen LogP contribution is 2.48. The molecule has 8 nitrogen and oxygen atoms in total. The summed E-state index contributed by atoms with van der Waals surface area (Å²) in [5.74, 6) is -5.28. The van der Waals surface area contributed by atoms with Crippen LogP contribution in [-0.4, -0.2) is 58.3 Å². The van der Waals surface area contributed by atoms with Gasteiger partial charge in [0, 0.05) is 53.8 Å². The monoisotopic (exact) mass is 536 g/mol. The molecule has 38 heavy (non-hydrogen) atoms. The zero-order valence-electron chi connectivity index (χ0n) is 21.8. The van der Waals surface area contributed by atoms with Gasteiger partial charge in [-0.2, -0.15) is 0 Å². The number of amides is 3. The number of aromatic nitrogens is 1. The molecule has 0 atom stereocenters. The summed E-state index contributed by atoms with van der Waals surface area (Å²) in [7, 11) is 3.00. The first-order chi connectivity index (χ1) is 17.8. The molecule has 4 rings (SSSR count). The Bertz CT molecular complexity index is 1340. The fourth-order valence-electron chi connectivity index (χ4n) is 5.84. The van der Waals surface area contributed by atoms with E-state index in [4.69, 9.17) is 0 Å². The van der Waals surface area contributed by atoms with Crippen molar-refractivity contribution in [3.8, 4) is 0 Å². The van der Waals surface area contributed by atoms with Crippen molar-refractivity contribution in [2.45, 2.75) is 70.1 Å². The van der Waals surface area contributed by atoms with Gasteiger partial charge in [0.2, 0.25) is 5.91 Å². The number of halogens is 3. The minimum atomic E-state index is -1.60. The largest absolute Gasteiger partial charge is 0.347 e. The summed E-state index contributed by atoms with van der Waals surface area (Å²) >= 11 is 0. The van der Waals surface area contributed by atoms with Gasteiger partial charge in [0.25, 0.3) is 17.6 Å². The first-order valence-electron chi connectivity index (χ1n) is 12.6. The lowest BCUT2D eigenvalue weighted by Gasteiger charge is -2.51. The number of alkyl halides is 1. The van der Waals surface area contributed by atoms with Crippen LogP contribution < -0.4 is 10.6 Å². The molecule has 1 aromatic heterocycles. The van der Waals surface area contributed by atoms with E-state index in [9.17, 15) is 28.0 Å². The van der Waals surface area contributed by atoms with Crippen molar-refractivity contribution in [1.82, 2.24) is 14.8 Å². The standard InChI is InChI=1S/C27H31F3N4O4.2H2/c1-5-10-26(30)13-27(14-26,25(38)33(3)4)32-24(37)22(35)20-15(2)21(34-11-6-7-19(20)34)23(36)31-16-8-9-17(28)18(29)12-16;;/h8-9,12H,5-7,10-11,13-14H2,1-4H3,(H,31,36)(H,32,37);2*1H. The number of hydrogen-bond acceptors (Lipinski definition) is 4. The molecule has 1 aromatic carbocycles. The Morgan fingerprint density at radius 3 is 2.42 bits per heavy atom. The van der Waals surface area contributed by atoms with Crippen LogP contribution in [0.5, 0.6) is 0 Å². The topological polar surface area (TPSA) is 101 Å². The van der Waals surface area contributed by atoms with Gasteiger partial charge in [-0.1, -0.05) is 13.3 Å². The van der Waals surface area contributed by atoms with Crippen LogP contribution in [0.3, 0.4) is 0 Å². The zero-order chi connectivity index (χ0) is 28.0. The molecule has 3 amide bonds. The lowest BCUT2D eigenvalue weighted by atomic mass is 9.63. The van der Waals surface area contributed by atoms with Crippen molar-refractivity contribution in [3.05, 3.63) is 52.3 Å². The van der Waals surface area contributed by atoms with Crippen molar-refractivity contribution >= 4 is 29.2 Å². The predicted octanol–water partition coefficient (Wildman–Crippen LogP) is 4.19. The zero-order valence-corrected chi connectivity index (χ0v) is 21.8. The maximum Gasteiger partial charge on any atom is 0.293 e. The number of rotatable bonds is 8. The molecule has 2 aliphatic rings. The van der Waals surface area contributed by atoms with Crippen LogP contribution in [0.4, 0.5) is 18.9 Å². The van der Waals surface area contributed by atoms with Crippen LogP contribution in [0.2, 0.25) is 0 Å². The third-order valence-corrected chi connectivity index (χ3v) is 7.34. The molecule has 1 fully saturated rings. The Hall–Kier alpha value is -3.63. The number of carbonyl (C=O) groups excluding carboxylic acids is 4. The number of Topliss-reactive ketones (excluding diaryl/α,β-unsaturated/α-hetero) is 1. The fourth-order valence-corrected chi connectivity index (χ4v) is 5.84. The Morgan fingerprint density at radius 1 is 1.13 bits per heavy atom. The molecule has 2 heterocycles. The van der Waals surface area contributed by atoms with Gasteiger partial charge in [-0.25, -0.2) is 13.2 Å². The highest BCUT2D eigenvalue weighted by atomic mass is 19.2. The third kappa shape index (κ3) is 4.69. The number of fused-ring (bicyclic) bond motifs is 1. The van der Waals surface area contributed by atoms with E-state index < -0.39 is 46.3 Å². The van der Waals surface area contributed by atoms with E-state index in [1.54, 1.807) is 4.57 Å². The van der Waals surface area contributed by atoms with E-state index in [0.29, 0.717) is 31.5 Å². The van der Waals surface area contributed by atoms with Gasteiger partial charge in [0.05, 0.1) is 5.56 Å². The number of likely N-dealkylation sites (N-methyl/N-ethyl adjacent to an activating group) is 1. The molecular weight excluding hydrogens is 501 g/mol. The second-order valence-electron chi connectivity index (χ2n) is 10.5. The minimum Gasteiger partial charge on any atom is -0.347 e. The Balaban J connectivity index is 0.00000280. The molecule has 2 aromatic rings. The van der Waals surface area contributed by atoms with Crippen LogP contribution in [-0.2, 0) is 22.6 Å². The second-order valence-corrected chi connectivity index (χ2v) is 10.5. The smallest absolute Gasteiger partial charge is 0.293 e. The molecular formula is C27H35F3N4O4. The third-order valence-electron chi connectivity index (χ3n) is 7.34. The highest BCUT2D eigenvalue weighted by molar-refractivity contribution is 6.44. The van der Waals surface area contributed by atoms with Crippen molar-refractivity contribution < 1.29 is 35.2 Å². The van der Waals surface area contributed by atoms with E-state index in [1.165, 1.54) is 32.0 Å². The Morgan fingerprint density at radius 2 is 1.82 bits per heavy atom. The number of ketones is 1. The summed E-state index contributed by atoms with van der Waals surface area (Å²) in [6, 6.07) is 2.94. The number of anilines is 1. The number of nitrogens with zero attached hydrogens (tertiary/aromatic N) is 2. The lowest BCUT2D eigenvalue weighted by Crippen LogP contribution is -2.70. The van der Waals surface area contributed by atoms with Gasteiger partial charge in [-0.05, 0) is 43.9 Å². The van der Waals surface area contributed by atoms with Crippen LogP contribution >= 0.6 is 0 Å². The summed E-state index contributed by atoms with van der Waals surface area (Å²) in [5, 5.41) is 5.04. The van der Waals surface area contributed by atoms with E-state index in [-0.39, 0.29) is 44.6 Å². The Labute approximate surface area is 221 Å². The predicted molar refractivity (Wildman–Crippen MR) is 138 cm³/mol. The molecule has 1 aliphatic heterocycles. The maximum atomic E-state index is 15.1. The van der Waals surface area contributed by atoms with Crippen molar-refractivity contribution in [2.24, 2.45) is 0 Å². The molecule has 2 N–H and O–H groups in total. The first kappa shape index (κ1) is 27.4. The number of carbonyl (C=O) groups is 4. The summed E-state index contributed by atoms with van der Waals surface area (Å²) < 4.78 is 43.6. The normalized spacial score (nSPS) is 21.9. The summed E-state index contributed by atoms with van der Waals surface area (Å²) in [6.45, 7) is 3.79. The average Bonchev–Trinajstić information content (AvgIpc) is 3.38. The molecule has 0 saturated heterocycles. The van der Waals surface area contributed by atoms with Crippen LogP contribution in [0, 0.1) is 18.6 Å². The van der Waals surface area contributed by atoms with Gasteiger partial charge in [0.1, 0.15) is 16.9 Å². The van der Waals surface area contributed by atoms with Crippen molar-refractivity contribution in [3.63, 3.8) is 0 Å². The van der Waals surface area contributed by atoms with Gasteiger partial charge >= 0.3 is 0 Å². The van der Waals surface area contributed by atoms with Gasteiger partial charge in [0.15, 0.2) is 11.6 Å². The molecule has 0 radical (unpaired) electrons. The van der Waals surface area contributed by atoms with Gasteiger partial charge in [-0.3, -0.25) is 19.2 Å². The minimum absolute atomic E-state index is 0. The van der Waals surface area contributed by atoms with Crippen LogP contribution in [0.25, 0.3) is 0 Å². The van der Waals surface area contributed by atoms with Crippen molar-refractivity contribution in [1.29, 1.82) is 0 Å². The summed E-state index contributed by atoms with van der Waals surface area (Å²) in [5.41, 5.74) is -2.14. The van der Waals surface area contributed by atoms with E-state index >= 15 is 4.39 Å². The first-order valence-corrected chi connectivity index (χ1v) is 12.6. The molecule has 1 aliphatic carbocycles. The number of benzene rings is 1. The lowest BCUT2D eigenvalue weighted by molar-refractivity contribution is -0.152. The van der Waals surface area contributed by atoms with Crippen LogP contribution in [0.15, 0.2) is 18.2 Å². The van der Waals surface area contributed by atoms with Crippen molar-refractivity contribution in [2.75, 3.05) is 19.4 Å². The number of hydrogen-bond donors (Lipinski definition) is 2. The highest BCUT2D eigenvalue weighted by Gasteiger charge is 2.61. The second kappa shape index (κ2) is 9.92. The number of nitrogens with one attached hydrogen (secondary N) is 2.